The van der Waals surface area contributed by atoms with Gasteiger partial charge in [-0.25, -0.2) is 0 Å². The predicted octanol–water partition coefficient (Wildman–Crippen LogP) is 4.53. The van der Waals surface area contributed by atoms with Crippen LogP contribution in [-0.4, -0.2) is 36.5 Å². The summed E-state index contributed by atoms with van der Waals surface area (Å²) in [5.74, 6) is 0.824. The molecule has 1 saturated heterocycles. The highest BCUT2D eigenvalue weighted by atomic mass is 35.5. The number of rotatable bonds is 5. The molecule has 142 valence electrons. The molecular formula is C22H31ClN2O. The molecule has 1 amide bonds. The summed E-state index contributed by atoms with van der Waals surface area (Å²) >= 11 is 6.00. The van der Waals surface area contributed by atoms with Gasteiger partial charge in [-0.2, -0.15) is 0 Å². The molecule has 1 aliphatic heterocycles. The van der Waals surface area contributed by atoms with Crippen LogP contribution in [0.25, 0.3) is 0 Å². The molecule has 3 fully saturated rings. The van der Waals surface area contributed by atoms with Crippen LogP contribution in [0.1, 0.15) is 63.4 Å². The van der Waals surface area contributed by atoms with Crippen LogP contribution in [0.4, 0.5) is 0 Å². The summed E-state index contributed by atoms with van der Waals surface area (Å²) in [5.41, 5.74) is 0.828. The van der Waals surface area contributed by atoms with Gasteiger partial charge in [0.2, 0.25) is 5.91 Å². The van der Waals surface area contributed by atoms with E-state index in [1.165, 1.54) is 58.0 Å². The van der Waals surface area contributed by atoms with Crippen LogP contribution < -0.4 is 5.32 Å². The van der Waals surface area contributed by atoms with Gasteiger partial charge in [0.1, 0.15) is 0 Å². The number of nitrogens with zero attached hydrogens (tertiary/aromatic N) is 1. The number of likely N-dealkylation sites (tertiary alicyclic amines) is 1. The van der Waals surface area contributed by atoms with Crippen LogP contribution in [0.5, 0.6) is 0 Å². The normalized spacial score (nSPS) is 26.4. The molecule has 1 atom stereocenters. The van der Waals surface area contributed by atoms with Gasteiger partial charge < -0.3 is 10.2 Å². The zero-order valence-electron chi connectivity index (χ0n) is 15.7. The molecule has 0 radical (unpaired) electrons. The van der Waals surface area contributed by atoms with Crippen molar-refractivity contribution in [2.75, 3.05) is 19.6 Å². The van der Waals surface area contributed by atoms with E-state index in [0.29, 0.717) is 5.92 Å². The van der Waals surface area contributed by atoms with Crippen molar-refractivity contribution in [3.63, 3.8) is 0 Å². The topological polar surface area (TPSA) is 32.3 Å². The van der Waals surface area contributed by atoms with E-state index >= 15 is 0 Å². The smallest absolute Gasteiger partial charge is 0.230 e. The van der Waals surface area contributed by atoms with Gasteiger partial charge in [0.25, 0.3) is 0 Å². The lowest BCUT2D eigenvalue weighted by molar-refractivity contribution is -0.123. The van der Waals surface area contributed by atoms with Crippen LogP contribution in [-0.2, 0) is 10.2 Å². The van der Waals surface area contributed by atoms with Crippen molar-refractivity contribution in [3.05, 3.63) is 34.9 Å². The second-order valence-electron chi connectivity index (χ2n) is 8.59. The highest BCUT2D eigenvalue weighted by molar-refractivity contribution is 6.30. The summed E-state index contributed by atoms with van der Waals surface area (Å²) < 4.78 is 0. The quantitative estimate of drug-likeness (QED) is 0.821. The summed E-state index contributed by atoms with van der Waals surface area (Å²) in [6, 6.07) is 8.62. The molecule has 1 N–H and O–H groups in total. The predicted molar refractivity (Wildman–Crippen MR) is 107 cm³/mol. The van der Waals surface area contributed by atoms with Gasteiger partial charge >= 0.3 is 0 Å². The fraction of sp³-hybridized carbons (Fsp3) is 0.682. The molecule has 0 aromatic heterocycles. The highest BCUT2D eigenvalue weighted by Crippen LogP contribution is 2.48. The number of amides is 1. The number of halogens is 1. The number of nitrogens with one attached hydrogen (secondary N) is 1. The van der Waals surface area contributed by atoms with Gasteiger partial charge in [-0.1, -0.05) is 43.0 Å². The van der Waals surface area contributed by atoms with Crippen molar-refractivity contribution in [2.45, 2.75) is 69.2 Å². The molecule has 4 heteroatoms. The van der Waals surface area contributed by atoms with Gasteiger partial charge in [0, 0.05) is 24.2 Å². The Balaban J connectivity index is 1.30. The van der Waals surface area contributed by atoms with E-state index in [2.05, 4.69) is 10.2 Å². The lowest BCUT2D eigenvalue weighted by atomic mass is 9.90. The average molecular weight is 375 g/mol. The fourth-order valence-corrected chi connectivity index (χ4v) is 5.11. The van der Waals surface area contributed by atoms with Crippen LogP contribution in [0.3, 0.4) is 0 Å². The second kappa shape index (κ2) is 7.90. The Morgan fingerprint density at radius 1 is 1.08 bits per heavy atom. The van der Waals surface area contributed by atoms with Crippen LogP contribution in [0.15, 0.2) is 24.3 Å². The number of carbonyl (C=O) groups is 1. The minimum Gasteiger partial charge on any atom is -0.355 e. The molecule has 26 heavy (non-hydrogen) atoms. The number of hydrogen-bond acceptors (Lipinski definition) is 2. The summed E-state index contributed by atoms with van der Waals surface area (Å²) in [5, 5.41) is 4.02. The third kappa shape index (κ3) is 3.94. The number of carbonyl (C=O) groups excluding carboxylic acids is 1. The van der Waals surface area contributed by atoms with Crippen molar-refractivity contribution in [1.82, 2.24) is 10.2 Å². The Morgan fingerprint density at radius 3 is 2.50 bits per heavy atom. The van der Waals surface area contributed by atoms with Crippen molar-refractivity contribution < 1.29 is 4.79 Å². The molecular weight excluding hydrogens is 344 g/mol. The molecule has 0 bridgehead atoms. The van der Waals surface area contributed by atoms with Gasteiger partial charge in [-0.15, -0.1) is 0 Å². The number of piperidine rings is 1. The van der Waals surface area contributed by atoms with Crippen LogP contribution in [0.2, 0.25) is 5.02 Å². The van der Waals surface area contributed by atoms with Crippen LogP contribution >= 0.6 is 11.6 Å². The lowest BCUT2D eigenvalue weighted by Gasteiger charge is -2.40. The molecule has 4 rings (SSSR count). The first-order chi connectivity index (χ1) is 12.7. The Kier molecular flexibility index (Phi) is 5.56. The van der Waals surface area contributed by atoms with Gasteiger partial charge in [-0.05, 0) is 68.7 Å². The Hall–Kier alpha value is -1.06. The molecule has 1 aromatic carbocycles. The SMILES string of the molecule is O=C(NCC1CCCN(C2CCCCC2)C1)C1(c2ccc(Cl)cc2)CC1. The number of benzene rings is 1. The largest absolute Gasteiger partial charge is 0.355 e. The molecule has 1 heterocycles. The number of hydrogen-bond donors (Lipinski definition) is 1. The lowest BCUT2D eigenvalue weighted by Crippen LogP contribution is -2.47. The Morgan fingerprint density at radius 2 is 1.81 bits per heavy atom. The second-order valence-corrected chi connectivity index (χ2v) is 9.03. The molecule has 2 aliphatic carbocycles. The molecule has 3 aliphatic rings. The maximum absolute atomic E-state index is 12.9. The van der Waals surface area contributed by atoms with E-state index in [4.69, 9.17) is 11.6 Å². The maximum Gasteiger partial charge on any atom is 0.230 e. The van der Waals surface area contributed by atoms with E-state index in [-0.39, 0.29) is 11.3 Å². The first kappa shape index (κ1) is 18.3. The van der Waals surface area contributed by atoms with Crippen molar-refractivity contribution >= 4 is 17.5 Å². The monoisotopic (exact) mass is 374 g/mol. The van der Waals surface area contributed by atoms with Gasteiger partial charge in [0.05, 0.1) is 5.41 Å². The van der Waals surface area contributed by atoms with E-state index < -0.39 is 0 Å². The van der Waals surface area contributed by atoms with Crippen molar-refractivity contribution in [1.29, 1.82) is 0 Å². The first-order valence-electron chi connectivity index (χ1n) is 10.5. The summed E-state index contributed by atoms with van der Waals surface area (Å²) in [4.78, 5) is 15.6. The summed E-state index contributed by atoms with van der Waals surface area (Å²) in [6.45, 7) is 3.25. The zero-order valence-corrected chi connectivity index (χ0v) is 16.4. The molecule has 0 spiro atoms. The fourth-order valence-electron chi connectivity index (χ4n) is 4.99. The third-order valence-corrected chi connectivity index (χ3v) is 7.03. The van der Waals surface area contributed by atoms with E-state index in [1.54, 1.807) is 0 Å². The Labute approximate surface area is 162 Å². The van der Waals surface area contributed by atoms with Gasteiger partial charge in [0.15, 0.2) is 0 Å². The van der Waals surface area contributed by atoms with E-state index in [0.717, 1.165) is 36.0 Å². The minimum absolute atomic E-state index is 0.217. The maximum atomic E-state index is 12.9. The summed E-state index contributed by atoms with van der Waals surface area (Å²) in [6.07, 6.45) is 11.4. The standard InChI is InChI=1S/C22H31ClN2O/c23-19-10-8-18(9-11-19)22(12-13-22)21(26)24-15-17-5-4-14-25(16-17)20-6-2-1-3-7-20/h8-11,17,20H,1-7,12-16H2,(H,24,26). The first-order valence-corrected chi connectivity index (χ1v) is 10.8. The molecule has 1 unspecified atom stereocenters. The Bertz CT molecular complexity index is 620. The third-order valence-electron chi connectivity index (χ3n) is 6.77. The van der Waals surface area contributed by atoms with Crippen LogP contribution in [0, 0.1) is 5.92 Å². The average Bonchev–Trinajstić information content (AvgIpc) is 3.50. The van der Waals surface area contributed by atoms with Crippen molar-refractivity contribution in [3.8, 4) is 0 Å². The van der Waals surface area contributed by atoms with E-state index in [9.17, 15) is 4.79 Å². The summed E-state index contributed by atoms with van der Waals surface area (Å²) in [7, 11) is 0. The zero-order chi connectivity index (χ0) is 18.0. The molecule has 2 saturated carbocycles. The molecule has 1 aromatic rings. The van der Waals surface area contributed by atoms with Crippen molar-refractivity contribution in [2.24, 2.45) is 5.92 Å². The van der Waals surface area contributed by atoms with Gasteiger partial charge in [-0.3, -0.25) is 4.79 Å². The molecule has 3 nitrogen and oxygen atoms in total. The highest BCUT2D eigenvalue weighted by Gasteiger charge is 2.51. The van der Waals surface area contributed by atoms with E-state index in [1.807, 2.05) is 24.3 Å². The minimum atomic E-state index is -0.289.